The molecule has 0 aliphatic heterocycles. The zero-order chi connectivity index (χ0) is 16.9. The smallest absolute Gasteiger partial charge is 0.236 e. The molecule has 4 nitrogen and oxygen atoms in total. The summed E-state index contributed by atoms with van der Waals surface area (Å²) in [6, 6.07) is 16.6. The van der Waals surface area contributed by atoms with E-state index in [9.17, 15) is 0 Å². The van der Waals surface area contributed by atoms with Crippen LogP contribution in [0, 0.1) is 13.8 Å². The fourth-order valence-corrected chi connectivity index (χ4v) is 3.91. The molecule has 0 aliphatic carbocycles. The molecule has 1 atom stereocenters. The normalized spacial score (nSPS) is 12.1. The minimum Gasteiger partial charge on any atom is -0.496 e. The molecule has 0 spiro atoms. The SMILES string of the molecule is COc1ccccc1C(SCc1nc(C)no1)c1ccccc1C. The number of thioether (sulfide) groups is 1. The number of hydrogen-bond acceptors (Lipinski definition) is 5. The van der Waals surface area contributed by atoms with Crippen LogP contribution < -0.4 is 4.74 Å². The van der Waals surface area contributed by atoms with Gasteiger partial charge in [-0.2, -0.15) is 4.98 Å². The Bertz CT molecular complexity index is 816. The number of para-hydroxylation sites is 1. The summed E-state index contributed by atoms with van der Waals surface area (Å²) in [7, 11) is 1.71. The van der Waals surface area contributed by atoms with Crippen LogP contribution in [0.5, 0.6) is 5.75 Å². The van der Waals surface area contributed by atoms with Crippen LogP contribution >= 0.6 is 11.8 Å². The Morgan fingerprint density at radius 3 is 2.42 bits per heavy atom. The van der Waals surface area contributed by atoms with E-state index >= 15 is 0 Å². The molecule has 0 radical (unpaired) electrons. The lowest BCUT2D eigenvalue weighted by atomic mass is 9.99. The van der Waals surface area contributed by atoms with E-state index in [4.69, 9.17) is 9.26 Å². The predicted octanol–water partition coefficient (Wildman–Crippen LogP) is 4.72. The van der Waals surface area contributed by atoms with Crippen molar-refractivity contribution in [2.75, 3.05) is 7.11 Å². The molecule has 1 heterocycles. The van der Waals surface area contributed by atoms with E-state index in [1.54, 1.807) is 18.9 Å². The average Bonchev–Trinajstić information content (AvgIpc) is 3.02. The van der Waals surface area contributed by atoms with E-state index in [1.807, 2.05) is 25.1 Å². The number of benzene rings is 2. The van der Waals surface area contributed by atoms with E-state index in [2.05, 4.69) is 47.4 Å². The molecule has 3 aromatic rings. The van der Waals surface area contributed by atoms with Crippen LogP contribution in [0.1, 0.15) is 33.7 Å². The lowest BCUT2D eigenvalue weighted by Gasteiger charge is -2.21. The van der Waals surface area contributed by atoms with Gasteiger partial charge in [0.25, 0.3) is 0 Å². The third-order valence-electron chi connectivity index (χ3n) is 3.84. The second kappa shape index (κ2) is 7.53. The van der Waals surface area contributed by atoms with Crippen molar-refractivity contribution in [1.29, 1.82) is 0 Å². The quantitative estimate of drug-likeness (QED) is 0.650. The molecule has 0 saturated heterocycles. The maximum absolute atomic E-state index is 5.58. The molecule has 3 rings (SSSR count). The molecule has 24 heavy (non-hydrogen) atoms. The largest absolute Gasteiger partial charge is 0.496 e. The van der Waals surface area contributed by atoms with E-state index < -0.39 is 0 Å². The van der Waals surface area contributed by atoms with E-state index in [0.29, 0.717) is 17.5 Å². The fourth-order valence-electron chi connectivity index (χ4n) is 2.66. The summed E-state index contributed by atoms with van der Waals surface area (Å²) < 4.78 is 10.8. The second-order valence-corrected chi connectivity index (χ2v) is 6.62. The highest BCUT2D eigenvalue weighted by Crippen LogP contribution is 2.42. The van der Waals surface area contributed by atoms with Gasteiger partial charge in [0.1, 0.15) is 5.75 Å². The monoisotopic (exact) mass is 340 g/mol. The second-order valence-electron chi connectivity index (χ2n) is 5.52. The molecule has 0 fully saturated rings. The molecule has 1 aromatic heterocycles. The zero-order valence-corrected chi connectivity index (χ0v) is 14.8. The van der Waals surface area contributed by atoms with Gasteiger partial charge >= 0.3 is 0 Å². The molecule has 5 heteroatoms. The van der Waals surface area contributed by atoms with Crippen molar-refractivity contribution in [2.45, 2.75) is 24.9 Å². The number of aromatic nitrogens is 2. The van der Waals surface area contributed by atoms with Gasteiger partial charge < -0.3 is 9.26 Å². The van der Waals surface area contributed by atoms with E-state index in [0.717, 1.165) is 11.3 Å². The van der Waals surface area contributed by atoms with Gasteiger partial charge in [-0.1, -0.05) is 47.6 Å². The molecule has 0 aliphatic rings. The van der Waals surface area contributed by atoms with E-state index in [-0.39, 0.29) is 5.25 Å². The molecule has 2 aromatic carbocycles. The summed E-state index contributed by atoms with van der Waals surface area (Å²) >= 11 is 1.76. The van der Waals surface area contributed by atoms with Crippen molar-refractivity contribution < 1.29 is 9.26 Å². The maximum Gasteiger partial charge on any atom is 0.236 e. The molecule has 0 saturated carbocycles. The van der Waals surface area contributed by atoms with Gasteiger partial charge in [0, 0.05) is 5.56 Å². The first-order chi connectivity index (χ1) is 11.7. The van der Waals surface area contributed by atoms with Gasteiger partial charge in [0.05, 0.1) is 18.1 Å². The Morgan fingerprint density at radius 2 is 1.75 bits per heavy atom. The van der Waals surface area contributed by atoms with Gasteiger partial charge in [-0.15, -0.1) is 11.8 Å². The van der Waals surface area contributed by atoms with Crippen LogP contribution in [0.2, 0.25) is 0 Å². The Kier molecular flexibility index (Phi) is 5.20. The van der Waals surface area contributed by atoms with Crippen molar-refractivity contribution in [3.63, 3.8) is 0 Å². The van der Waals surface area contributed by atoms with Crippen molar-refractivity contribution in [1.82, 2.24) is 10.1 Å². The van der Waals surface area contributed by atoms with Crippen LogP contribution in [0.15, 0.2) is 53.1 Å². The summed E-state index contributed by atoms with van der Waals surface area (Å²) in [5.74, 6) is 2.85. The third kappa shape index (κ3) is 3.62. The zero-order valence-electron chi connectivity index (χ0n) is 14.0. The Labute approximate surface area is 146 Å². The van der Waals surface area contributed by atoms with Gasteiger partial charge in [-0.3, -0.25) is 0 Å². The third-order valence-corrected chi connectivity index (χ3v) is 5.09. The van der Waals surface area contributed by atoms with Gasteiger partial charge in [0.15, 0.2) is 5.82 Å². The number of ether oxygens (including phenoxy) is 1. The summed E-state index contributed by atoms with van der Waals surface area (Å²) in [6.45, 7) is 3.96. The standard InChI is InChI=1S/C19H20N2O2S/c1-13-8-4-5-9-15(13)19(16-10-6-7-11-17(16)22-3)24-12-18-20-14(2)21-23-18/h4-11,19H,12H2,1-3H3. The van der Waals surface area contributed by atoms with Gasteiger partial charge in [-0.05, 0) is 31.0 Å². The van der Waals surface area contributed by atoms with Crippen molar-refractivity contribution >= 4 is 11.8 Å². The van der Waals surface area contributed by atoms with Gasteiger partial charge in [-0.25, -0.2) is 0 Å². The first kappa shape index (κ1) is 16.6. The maximum atomic E-state index is 5.58. The summed E-state index contributed by atoms with van der Waals surface area (Å²) in [4.78, 5) is 4.31. The van der Waals surface area contributed by atoms with Crippen LogP contribution in [0.3, 0.4) is 0 Å². The average molecular weight is 340 g/mol. The lowest BCUT2D eigenvalue weighted by Crippen LogP contribution is -2.02. The minimum absolute atomic E-state index is 0.134. The number of nitrogens with zero attached hydrogens (tertiary/aromatic N) is 2. The predicted molar refractivity (Wildman–Crippen MR) is 96.3 cm³/mol. The highest BCUT2D eigenvalue weighted by molar-refractivity contribution is 7.98. The first-order valence-corrected chi connectivity index (χ1v) is 8.83. The molecule has 1 unspecified atom stereocenters. The first-order valence-electron chi connectivity index (χ1n) is 7.78. The summed E-state index contributed by atoms with van der Waals surface area (Å²) in [6.07, 6.45) is 0. The fraction of sp³-hybridized carbons (Fsp3) is 0.263. The Hall–Kier alpha value is -2.27. The Balaban J connectivity index is 1.96. The molecule has 0 amide bonds. The summed E-state index contributed by atoms with van der Waals surface area (Å²) in [5, 5.41) is 4.00. The van der Waals surface area contributed by atoms with Crippen LogP contribution in [-0.2, 0) is 5.75 Å². The Morgan fingerprint density at radius 1 is 1.04 bits per heavy atom. The van der Waals surface area contributed by atoms with Crippen molar-refractivity contribution in [3.8, 4) is 5.75 Å². The molecule has 0 bridgehead atoms. The molecular weight excluding hydrogens is 320 g/mol. The van der Waals surface area contributed by atoms with Crippen LogP contribution in [-0.4, -0.2) is 17.3 Å². The van der Waals surface area contributed by atoms with Crippen molar-refractivity contribution in [2.24, 2.45) is 0 Å². The minimum atomic E-state index is 0.134. The number of methoxy groups -OCH3 is 1. The number of aryl methyl sites for hydroxylation is 2. The molecule has 0 N–H and O–H groups in total. The topological polar surface area (TPSA) is 48.2 Å². The van der Waals surface area contributed by atoms with Gasteiger partial charge in [0.2, 0.25) is 5.89 Å². The highest BCUT2D eigenvalue weighted by Gasteiger charge is 2.21. The van der Waals surface area contributed by atoms with Crippen molar-refractivity contribution in [3.05, 3.63) is 76.9 Å². The molecule has 124 valence electrons. The highest BCUT2D eigenvalue weighted by atomic mass is 32.2. The number of hydrogen-bond donors (Lipinski definition) is 0. The van der Waals surface area contributed by atoms with Crippen LogP contribution in [0.4, 0.5) is 0 Å². The van der Waals surface area contributed by atoms with Crippen LogP contribution in [0.25, 0.3) is 0 Å². The van der Waals surface area contributed by atoms with E-state index in [1.165, 1.54) is 11.1 Å². The number of rotatable bonds is 6. The molecular formula is C19H20N2O2S. The lowest BCUT2D eigenvalue weighted by molar-refractivity contribution is 0.387. The summed E-state index contributed by atoms with van der Waals surface area (Å²) in [5.41, 5.74) is 3.67.